The second-order valence-electron chi connectivity index (χ2n) is 8.06. The number of likely N-dealkylation sites (N-methyl/N-ethyl adjacent to an activating group) is 1. The number of benzene rings is 1. The van der Waals surface area contributed by atoms with Crippen molar-refractivity contribution in [1.82, 2.24) is 24.6 Å². The zero-order chi connectivity index (χ0) is 19.8. The van der Waals surface area contributed by atoms with E-state index in [9.17, 15) is 4.79 Å². The van der Waals surface area contributed by atoms with Crippen molar-refractivity contribution in [2.75, 3.05) is 33.2 Å². The molecular weight excluding hydrogens is 370 g/mol. The fraction of sp³-hybridized carbons (Fsp3) is 0.571. The lowest BCUT2D eigenvalue weighted by Gasteiger charge is -2.39. The molecule has 0 amide bonds. The smallest absolute Gasteiger partial charge is 0.264 e. The lowest BCUT2D eigenvalue weighted by Crippen LogP contribution is -2.49. The van der Waals surface area contributed by atoms with Crippen LogP contribution in [0.2, 0.25) is 0 Å². The highest BCUT2D eigenvalue weighted by atomic mass is 32.2. The predicted molar refractivity (Wildman–Crippen MR) is 112 cm³/mol. The van der Waals surface area contributed by atoms with Gasteiger partial charge in [-0.25, -0.2) is 4.98 Å². The summed E-state index contributed by atoms with van der Waals surface area (Å²) in [6.07, 6.45) is 0.747. The molecule has 4 rings (SSSR count). The standard InChI is InChI=1S/C21H29N5OS/c1-5-17-22-21-26(23-17)20(27)19(28-21)18(25-12-10-24(4)11-13-25)16-8-6-15(7-9-16)14(2)3/h6-9,14,18-19H,5,10-13H2,1-4H3. The van der Waals surface area contributed by atoms with Crippen molar-refractivity contribution in [3.63, 3.8) is 0 Å². The summed E-state index contributed by atoms with van der Waals surface area (Å²) in [6.45, 7) is 10.4. The second-order valence-corrected chi connectivity index (χ2v) is 9.17. The molecule has 1 aromatic carbocycles. The van der Waals surface area contributed by atoms with E-state index >= 15 is 0 Å². The largest absolute Gasteiger partial charge is 0.304 e. The first kappa shape index (κ1) is 19.6. The molecular formula is C21H29N5OS. The van der Waals surface area contributed by atoms with Gasteiger partial charge in [0.2, 0.25) is 0 Å². The van der Waals surface area contributed by atoms with Gasteiger partial charge in [0.15, 0.2) is 11.0 Å². The Labute approximate surface area is 171 Å². The third kappa shape index (κ3) is 3.63. The number of aromatic nitrogens is 3. The van der Waals surface area contributed by atoms with E-state index in [1.54, 1.807) is 11.8 Å². The summed E-state index contributed by atoms with van der Waals surface area (Å²) in [4.78, 5) is 22.6. The lowest BCUT2D eigenvalue weighted by molar-refractivity contribution is 0.0766. The molecule has 3 heterocycles. The van der Waals surface area contributed by atoms with E-state index in [0.717, 1.165) is 43.6 Å². The van der Waals surface area contributed by atoms with Crippen LogP contribution < -0.4 is 0 Å². The number of thioether (sulfide) groups is 1. The van der Waals surface area contributed by atoms with Crippen LogP contribution in [-0.2, 0) is 6.42 Å². The van der Waals surface area contributed by atoms with Crippen molar-refractivity contribution in [2.24, 2.45) is 0 Å². The predicted octanol–water partition coefficient (Wildman–Crippen LogP) is 3.07. The van der Waals surface area contributed by atoms with Gasteiger partial charge in [-0.05, 0) is 24.1 Å². The molecule has 0 aliphatic carbocycles. The highest BCUT2D eigenvalue weighted by molar-refractivity contribution is 8.00. The molecule has 150 valence electrons. The molecule has 2 unspecified atom stereocenters. The van der Waals surface area contributed by atoms with Crippen molar-refractivity contribution in [3.8, 4) is 0 Å². The van der Waals surface area contributed by atoms with Gasteiger partial charge in [-0.2, -0.15) is 4.68 Å². The zero-order valence-electron chi connectivity index (χ0n) is 17.1. The Kier molecular flexibility index (Phi) is 5.58. The van der Waals surface area contributed by atoms with Gasteiger partial charge < -0.3 is 4.90 Å². The van der Waals surface area contributed by atoms with E-state index in [1.165, 1.54) is 15.8 Å². The molecule has 2 aliphatic heterocycles. The highest BCUT2D eigenvalue weighted by Gasteiger charge is 2.43. The summed E-state index contributed by atoms with van der Waals surface area (Å²) in [7, 11) is 2.16. The summed E-state index contributed by atoms with van der Waals surface area (Å²) in [5.74, 6) is 1.30. The molecule has 2 atom stereocenters. The van der Waals surface area contributed by atoms with Crippen molar-refractivity contribution in [1.29, 1.82) is 0 Å². The first-order valence-corrected chi connectivity index (χ1v) is 11.0. The Balaban J connectivity index is 1.65. The number of nitrogens with zero attached hydrogens (tertiary/aromatic N) is 5. The summed E-state index contributed by atoms with van der Waals surface area (Å²) >= 11 is 1.57. The monoisotopic (exact) mass is 399 g/mol. The van der Waals surface area contributed by atoms with E-state index in [1.807, 2.05) is 6.92 Å². The summed E-state index contributed by atoms with van der Waals surface area (Å²) in [6, 6.07) is 8.87. The number of piperazine rings is 1. The van der Waals surface area contributed by atoms with Crippen LogP contribution in [0.1, 0.15) is 54.5 Å². The van der Waals surface area contributed by atoms with Crippen LogP contribution in [0.4, 0.5) is 0 Å². The lowest BCUT2D eigenvalue weighted by atomic mass is 9.96. The average Bonchev–Trinajstić information content (AvgIpc) is 3.23. The van der Waals surface area contributed by atoms with Gasteiger partial charge in [-0.1, -0.05) is 56.8 Å². The SMILES string of the molecule is CCc1nc2n(n1)C(=O)C(C(c1ccc(C(C)C)cc1)N1CCN(C)CC1)S2. The van der Waals surface area contributed by atoms with E-state index in [0.29, 0.717) is 5.92 Å². The molecule has 2 aliphatic rings. The highest BCUT2D eigenvalue weighted by Crippen LogP contribution is 2.41. The van der Waals surface area contributed by atoms with Gasteiger partial charge in [0, 0.05) is 32.6 Å². The molecule has 1 fully saturated rings. The quantitative estimate of drug-likeness (QED) is 0.770. The average molecular weight is 400 g/mol. The van der Waals surface area contributed by atoms with Gasteiger partial charge >= 0.3 is 0 Å². The van der Waals surface area contributed by atoms with Gasteiger partial charge in [-0.3, -0.25) is 9.69 Å². The Morgan fingerprint density at radius 3 is 2.32 bits per heavy atom. The van der Waals surface area contributed by atoms with Crippen LogP contribution in [0.15, 0.2) is 29.4 Å². The number of hydrogen-bond donors (Lipinski definition) is 0. The van der Waals surface area contributed by atoms with Crippen LogP contribution in [0.5, 0.6) is 0 Å². The molecule has 7 heteroatoms. The third-order valence-electron chi connectivity index (χ3n) is 5.78. The van der Waals surface area contributed by atoms with Crippen molar-refractivity contribution >= 4 is 17.7 Å². The molecule has 0 bridgehead atoms. The van der Waals surface area contributed by atoms with Crippen LogP contribution in [0, 0.1) is 0 Å². The molecule has 1 aromatic heterocycles. The zero-order valence-corrected chi connectivity index (χ0v) is 17.9. The van der Waals surface area contributed by atoms with Crippen LogP contribution in [-0.4, -0.2) is 68.9 Å². The molecule has 2 aromatic rings. The minimum atomic E-state index is -0.200. The van der Waals surface area contributed by atoms with Gasteiger partial charge in [0.25, 0.3) is 5.91 Å². The molecule has 0 spiro atoms. The van der Waals surface area contributed by atoms with Crippen LogP contribution >= 0.6 is 11.8 Å². The maximum atomic E-state index is 13.2. The second kappa shape index (κ2) is 7.97. The summed E-state index contributed by atoms with van der Waals surface area (Å²) in [5.41, 5.74) is 2.54. The van der Waals surface area contributed by atoms with Crippen molar-refractivity contribution in [3.05, 3.63) is 41.2 Å². The third-order valence-corrected chi connectivity index (χ3v) is 6.97. The van der Waals surface area contributed by atoms with Crippen LogP contribution in [0.25, 0.3) is 0 Å². The van der Waals surface area contributed by atoms with E-state index < -0.39 is 0 Å². The Morgan fingerprint density at radius 1 is 1.11 bits per heavy atom. The van der Waals surface area contributed by atoms with Gasteiger partial charge in [-0.15, -0.1) is 5.10 Å². The minimum absolute atomic E-state index is 0.0426. The molecule has 6 nitrogen and oxygen atoms in total. The molecule has 0 N–H and O–H groups in total. The molecule has 0 radical (unpaired) electrons. The fourth-order valence-corrected chi connectivity index (χ4v) is 5.22. The first-order chi connectivity index (χ1) is 13.5. The Bertz CT molecular complexity index is 839. The van der Waals surface area contributed by atoms with Gasteiger partial charge in [0.05, 0.1) is 6.04 Å². The topological polar surface area (TPSA) is 54.3 Å². The first-order valence-electron chi connectivity index (χ1n) is 10.2. The number of carbonyl (C=O) groups excluding carboxylic acids is 1. The van der Waals surface area contributed by atoms with E-state index in [-0.39, 0.29) is 17.2 Å². The van der Waals surface area contributed by atoms with E-state index in [2.05, 4.69) is 65.0 Å². The fourth-order valence-electron chi connectivity index (χ4n) is 3.95. The minimum Gasteiger partial charge on any atom is -0.304 e. The molecule has 0 saturated carbocycles. The number of rotatable bonds is 5. The summed E-state index contributed by atoms with van der Waals surface area (Å²) in [5, 5.41) is 4.96. The number of carbonyl (C=O) groups is 1. The summed E-state index contributed by atoms with van der Waals surface area (Å²) < 4.78 is 1.53. The number of hydrogen-bond acceptors (Lipinski definition) is 6. The van der Waals surface area contributed by atoms with Gasteiger partial charge in [0.1, 0.15) is 5.25 Å². The normalized spacial score (nSPS) is 22.0. The maximum absolute atomic E-state index is 13.2. The number of aryl methyl sites for hydroxylation is 1. The van der Waals surface area contributed by atoms with Crippen LogP contribution in [0.3, 0.4) is 0 Å². The molecule has 28 heavy (non-hydrogen) atoms. The van der Waals surface area contributed by atoms with Crippen molar-refractivity contribution in [2.45, 2.75) is 49.6 Å². The maximum Gasteiger partial charge on any atom is 0.264 e. The van der Waals surface area contributed by atoms with Crippen molar-refractivity contribution < 1.29 is 4.79 Å². The Morgan fingerprint density at radius 2 is 1.75 bits per heavy atom. The molecule has 1 saturated heterocycles. The Hall–Kier alpha value is -1.70. The number of fused-ring (bicyclic) bond motifs is 1. The van der Waals surface area contributed by atoms with E-state index in [4.69, 9.17) is 0 Å².